The first-order valence-corrected chi connectivity index (χ1v) is 11.4. The van der Waals surface area contributed by atoms with Crippen LogP contribution in [0, 0.1) is 13.8 Å². The predicted octanol–water partition coefficient (Wildman–Crippen LogP) is 4.44. The number of nitrogens with one attached hydrogen (secondary N) is 2. The van der Waals surface area contributed by atoms with E-state index >= 15 is 0 Å². The predicted molar refractivity (Wildman–Crippen MR) is 141 cm³/mol. The van der Waals surface area contributed by atoms with Gasteiger partial charge < -0.3 is 19.6 Å². The molecule has 33 heavy (non-hydrogen) atoms. The molecule has 0 saturated carbocycles. The topological polar surface area (TPSA) is 78.8 Å². The van der Waals surface area contributed by atoms with Crippen LogP contribution in [-0.4, -0.2) is 41.7 Å². The highest BCUT2D eigenvalue weighted by Gasteiger charge is 2.20. The fourth-order valence-electron chi connectivity index (χ4n) is 4.07. The van der Waals surface area contributed by atoms with Crippen LogP contribution in [0.25, 0.3) is 0 Å². The standard InChI is InChI=1S/C25H33N5O2.HI/c1-19-24(20(2)32-29-19)17-27-25(26-13-10-23-9-6-16-31-23)28-22-11-14-30(15-12-22)18-21-7-4-3-5-8-21;/h3-9,16,22H,10-15,17-18H2,1-2H3,(H2,26,27,28);1H. The fraction of sp³-hybridized carbons (Fsp3) is 0.440. The van der Waals surface area contributed by atoms with E-state index in [0.29, 0.717) is 12.6 Å². The van der Waals surface area contributed by atoms with Gasteiger partial charge in [0.05, 0.1) is 18.5 Å². The SMILES string of the molecule is Cc1noc(C)c1CN=C(NCCc1ccco1)NC1CCN(Cc2ccccc2)CC1.I. The van der Waals surface area contributed by atoms with Crippen molar-refractivity contribution >= 4 is 29.9 Å². The lowest BCUT2D eigenvalue weighted by molar-refractivity contribution is 0.198. The Hall–Kier alpha value is -2.33. The second-order valence-electron chi connectivity index (χ2n) is 8.40. The van der Waals surface area contributed by atoms with Gasteiger partial charge in [-0.2, -0.15) is 0 Å². The number of likely N-dealkylation sites (tertiary alicyclic amines) is 1. The largest absolute Gasteiger partial charge is 0.469 e. The van der Waals surface area contributed by atoms with Crippen molar-refractivity contribution in [3.8, 4) is 0 Å². The number of aryl methyl sites for hydroxylation is 2. The summed E-state index contributed by atoms with van der Waals surface area (Å²) in [4.78, 5) is 7.36. The Morgan fingerprint density at radius 2 is 1.91 bits per heavy atom. The number of benzene rings is 1. The highest BCUT2D eigenvalue weighted by molar-refractivity contribution is 14.0. The number of aromatic nitrogens is 1. The summed E-state index contributed by atoms with van der Waals surface area (Å²) in [5.74, 6) is 2.63. The molecule has 2 N–H and O–H groups in total. The molecule has 7 nitrogen and oxygen atoms in total. The van der Waals surface area contributed by atoms with Crippen LogP contribution in [-0.2, 0) is 19.5 Å². The van der Waals surface area contributed by atoms with Crippen LogP contribution in [0.15, 0.2) is 62.7 Å². The highest BCUT2D eigenvalue weighted by Crippen LogP contribution is 2.15. The molecule has 0 radical (unpaired) electrons. The molecular weight excluding hydrogens is 529 g/mol. The third kappa shape index (κ3) is 7.60. The second kappa shape index (κ2) is 12.8. The lowest BCUT2D eigenvalue weighted by Crippen LogP contribution is -2.48. The molecule has 1 fully saturated rings. The zero-order valence-electron chi connectivity index (χ0n) is 19.4. The Balaban J connectivity index is 0.00000306. The summed E-state index contributed by atoms with van der Waals surface area (Å²) in [5.41, 5.74) is 3.32. The Morgan fingerprint density at radius 3 is 2.58 bits per heavy atom. The van der Waals surface area contributed by atoms with Gasteiger partial charge in [-0.1, -0.05) is 35.5 Å². The van der Waals surface area contributed by atoms with Crippen molar-refractivity contribution in [3.63, 3.8) is 0 Å². The molecule has 0 unspecified atom stereocenters. The summed E-state index contributed by atoms with van der Waals surface area (Å²) >= 11 is 0. The van der Waals surface area contributed by atoms with E-state index in [-0.39, 0.29) is 24.0 Å². The molecule has 1 aliphatic rings. The number of hydrogen-bond acceptors (Lipinski definition) is 5. The van der Waals surface area contributed by atoms with Crippen LogP contribution in [0.4, 0.5) is 0 Å². The van der Waals surface area contributed by atoms with Gasteiger partial charge in [0.15, 0.2) is 5.96 Å². The quantitative estimate of drug-likeness (QED) is 0.240. The normalized spacial score (nSPS) is 15.3. The highest BCUT2D eigenvalue weighted by atomic mass is 127. The van der Waals surface area contributed by atoms with E-state index in [1.54, 1.807) is 6.26 Å². The van der Waals surface area contributed by atoms with E-state index in [1.165, 1.54) is 5.56 Å². The molecule has 8 heteroatoms. The van der Waals surface area contributed by atoms with E-state index in [2.05, 4.69) is 51.0 Å². The van der Waals surface area contributed by atoms with Crippen molar-refractivity contribution in [3.05, 3.63) is 77.1 Å². The van der Waals surface area contributed by atoms with Gasteiger partial charge in [-0.15, -0.1) is 24.0 Å². The van der Waals surface area contributed by atoms with E-state index < -0.39 is 0 Å². The molecule has 1 aliphatic heterocycles. The Bertz CT molecular complexity index is 960. The van der Waals surface area contributed by atoms with Crippen molar-refractivity contribution < 1.29 is 8.94 Å². The zero-order chi connectivity index (χ0) is 22.2. The molecule has 2 aromatic heterocycles. The fourth-order valence-corrected chi connectivity index (χ4v) is 4.07. The summed E-state index contributed by atoms with van der Waals surface area (Å²) in [6.45, 7) is 8.37. The third-order valence-corrected chi connectivity index (χ3v) is 6.00. The van der Waals surface area contributed by atoms with Gasteiger partial charge >= 0.3 is 0 Å². The summed E-state index contributed by atoms with van der Waals surface area (Å²) in [6.07, 6.45) is 4.71. The lowest BCUT2D eigenvalue weighted by atomic mass is 10.0. The van der Waals surface area contributed by atoms with Crippen LogP contribution >= 0.6 is 24.0 Å². The van der Waals surface area contributed by atoms with Crippen LogP contribution < -0.4 is 10.6 Å². The number of hydrogen-bond donors (Lipinski definition) is 2. The Labute approximate surface area is 213 Å². The maximum atomic E-state index is 5.45. The number of furan rings is 1. The third-order valence-electron chi connectivity index (χ3n) is 6.00. The molecule has 0 atom stereocenters. The lowest BCUT2D eigenvalue weighted by Gasteiger charge is -2.33. The van der Waals surface area contributed by atoms with Crippen molar-refractivity contribution in [1.29, 1.82) is 0 Å². The summed E-state index contributed by atoms with van der Waals surface area (Å²) in [5, 5.41) is 11.2. The number of nitrogens with zero attached hydrogens (tertiary/aromatic N) is 3. The minimum Gasteiger partial charge on any atom is -0.469 e. The van der Waals surface area contributed by atoms with Gasteiger partial charge in [-0.3, -0.25) is 4.90 Å². The zero-order valence-corrected chi connectivity index (χ0v) is 21.7. The van der Waals surface area contributed by atoms with Gasteiger partial charge in [0, 0.05) is 44.2 Å². The van der Waals surface area contributed by atoms with E-state index in [9.17, 15) is 0 Å². The molecule has 1 aromatic carbocycles. The Morgan fingerprint density at radius 1 is 1.12 bits per heavy atom. The summed E-state index contributed by atoms with van der Waals surface area (Å²) in [7, 11) is 0. The van der Waals surface area contributed by atoms with E-state index in [4.69, 9.17) is 13.9 Å². The number of halogens is 1. The first kappa shape index (κ1) is 25.3. The molecule has 178 valence electrons. The van der Waals surface area contributed by atoms with Gasteiger partial charge in [-0.25, -0.2) is 4.99 Å². The average Bonchev–Trinajstić information content (AvgIpc) is 3.44. The van der Waals surface area contributed by atoms with Gasteiger partial charge in [0.1, 0.15) is 11.5 Å². The van der Waals surface area contributed by atoms with Crippen LogP contribution in [0.3, 0.4) is 0 Å². The number of piperidine rings is 1. The van der Waals surface area contributed by atoms with Crippen LogP contribution in [0.1, 0.15) is 41.2 Å². The molecule has 0 aliphatic carbocycles. The van der Waals surface area contributed by atoms with Crippen molar-refractivity contribution in [1.82, 2.24) is 20.7 Å². The maximum absolute atomic E-state index is 5.45. The molecule has 0 spiro atoms. The van der Waals surface area contributed by atoms with Crippen molar-refractivity contribution in [2.45, 2.75) is 52.2 Å². The van der Waals surface area contributed by atoms with Crippen LogP contribution in [0.5, 0.6) is 0 Å². The molecule has 0 amide bonds. The minimum absolute atomic E-state index is 0. The van der Waals surface area contributed by atoms with Gasteiger partial charge in [0.2, 0.25) is 0 Å². The average molecular weight is 563 g/mol. The van der Waals surface area contributed by atoms with E-state index in [0.717, 1.165) is 74.2 Å². The molecule has 1 saturated heterocycles. The molecule has 3 heterocycles. The van der Waals surface area contributed by atoms with Crippen LogP contribution in [0.2, 0.25) is 0 Å². The number of aliphatic imine (C=N–C) groups is 1. The smallest absolute Gasteiger partial charge is 0.191 e. The van der Waals surface area contributed by atoms with Gasteiger partial charge in [-0.05, 0) is 44.4 Å². The van der Waals surface area contributed by atoms with E-state index in [1.807, 2.05) is 26.0 Å². The maximum Gasteiger partial charge on any atom is 0.191 e. The second-order valence-corrected chi connectivity index (χ2v) is 8.40. The Kier molecular flexibility index (Phi) is 9.80. The number of rotatable bonds is 8. The first-order chi connectivity index (χ1) is 15.7. The van der Waals surface area contributed by atoms with Gasteiger partial charge in [0.25, 0.3) is 0 Å². The molecule has 0 bridgehead atoms. The van der Waals surface area contributed by atoms with Crippen molar-refractivity contribution in [2.24, 2.45) is 4.99 Å². The molecular formula is C25H34IN5O2. The monoisotopic (exact) mass is 563 g/mol. The summed E-state index contributed by atoms with van der Waals surface area (Å²) < 4.78 is 10.7. The van der Waals surface area contributed by atoms with Crippen molar-refractivity contribution in [2.75, 3.05) is 19.6 Å². The molecule has 3 aromatic rings. The number of guanidine groups is 1. The first-order valence-electron chi connectivity index (χ1n) is 11.4. The minimum atomic E-state index is 0. The molecule has 4 rings (SSSR count). The summed E-state index contributed by atoms with van der Waals surface area (Å²) in [6, 6.07) is 15.0.